The Labute approximate surface area is 65.6 Å². The van der Waals surface area contributed by atoms with Gasteiger partial charge in [-0.15, -0.1) is 0 Å². The highest BCUT2D eigenvalue weighted by Gasteiger charge is 2.20. The summed E-state index contributed by atoms with van der Waals surface area (Å²) in [6, 6.07) is 0. The van der Waals surface area contributed by atoms with Crippen molar-refractivity contribution < 1.29 is 10.2 Å². The van der Waals surface area contributed by atoms with Crippen LogP contribution in [0.3, 0.4) is 0 Å². The van der Waals surface area contributed by atoms with Crippen molar-refractivity contribution >= 4 is 11.8 Å². The van der Waals surface area contributed by atoms with E-state index in [1.54, 1.807) is 11.8 Å². The summed E-state index contributed by atoms with van der Waals surface area (Å²) in [6.07, 6.45) is 2.22. The van der Waals surface area contributed by atoms with Gasteiger partial charge in [-0.05, 0) is 24.5 Å². The lowest BCUT2D eigenvalue weighted by Crippen LogP contribution is -2.15. The van der Waals surface area contributed by atoms with Crippen molar-refractivity contribution in [2.75, 3.05) is 18.1 Å². The van der Waals surface area contributed by atoms with Crippen LogP contribution in [0.25, 0.3) is 0 Å². The van der Waals surface area contributed by atoms with E-state index in [2.05, 4.69) is 0 Å². The van der Waals surface area contributed by atoms with Crippen LogP contribution in [0.15, 0.2) is 0 Å². The van der Waals surface area contributed by atoms with Crippen molar-refractivity contribution in [3.05, 3.63) is 0 Å². The van der Waals surface area contributed by atoms with Crippen LogP contribution in [0.4, 0.5) is 0 Å². The third kappa shape index (κ3) is 3.44. The second-order valence-corrected chi connectivity index (χ2v) is 3.89. The second-order valence-electron chi connectivity index (χ2n) is 2.82. The van der Waals surface area contributed by atoms with Gasteiger partial charge in [0.15, 0.2) is 0 Å². The molecule has 3 heteroatoms. The normalized spacial score (nSPS) is 21.0. The van der Waals surface area contributed by atoms with E-state index in [0.29, 0.717) is 5.75 Å². The van der Waals surface area contributed by atoms with Crippen LogP contribution in [0, 0.1) is 5.92 Å². The summed E-state index contributed by atoms with van der Waals surface area (Å²) < 4.78 is 0. The first-order chi connectivity index (χ1) is 4.83. The molecule has 0 radical (unpaired) electrons. The van der Waals surface area contributed by atoms with Gasteiger partial charge in [-0.1, -0.05) is 0 Å². The zero-order valence-electron chi connectivity index (χ0n) is 5.99. The van der Waals surface area contributed by atoms with Crippen molar-refractivity contribution in [1.82, 2.24) is 0 Å². The maximum absolute atomic E-state index is 8.92. The smallest absolute Gasteiger partial charge is 0.0861 e. The molecule has 1 aliphatic carbocycles. The van der Waals surface area contributed by atoms with Gasteiger partial charge in [0.1, 0.15) is 0 Å². The first-order valence-electron chi connectivity index (χ1n) is 3.69. The average molecular weight is 162 g/mol. The van der Waals surface area contributed by atoms with Gasteiger partial charge < -0.3 is 10.2 Å². The highest BCUT2D eigenvalue weighted by molar-refractivity contribution is 7.99. The summed E-state index contributed by atoms with van der Waals surface area (Å²) in [5.74, 6) is 2.76. The third-order valence-corrected chi connectivity index (χ3v) is 2.90. The molecule has 1 aliphatic rings. The van der Waals surface area contributed by atoms with Gasteiger partial charge in [0.2, 0.25) is 0 Å². The molecular weight excluding hydrogens is 148 g/mol. The topological polar surface area (TPSA) is 40.5 Å². The summed E-state index contributed by atoms with van der Waals surface area (Å²) >= 11 is 1.75. The molecule has 0 saturated heterocycles. The maximum atomic E-state index is 8.92. The molecule has 0 aromatic heterocycles. The van der Waals surface area contributed by atoms with Crippen LogP contribution in [0.1, 0.15) is 12.8 Å². The summed E-state index contributed by atoms with van der Waals surface area (Å²) in [7, 11) is 0. The minimum absolute atomic E-state index is 0.0995. The molecule has 10 heavy (non-hydrogen) atoms. The molecule has 0 spiro atoms. The molecule has 0 bridgehead atoms. The second kappa shape index (κ2) is 4.21. The first-order valence-corrected chi connectivity index (χ1v) is 4.85. The summed E-state index contributed by atoms with van der Waals surface area (Å²) in [6.45, 7) is -0.0995. The fraction of sp³-hybridized carbons (Fsp3) is 1.00. The molecular formula is C7H14O2S. The molecule has 0 heterocycles. The molecule has 0 aliphatic heterocycles. The summed E-state index contributed by atoms with van der Waals surface area (Å²) in [5.41, 5.74) is 0. The lowest BCUT2D eigenvalue weighted by Gasteiger charge is -2.04. The number of hydrogen-bond donors (Lipinski definition) is 2. The Bertz CT molecular complexity index is 93.6. The van der Waals surface area contributed by atoms with Crippen molar-refractivity contribution in [1.29, 1.82) is 0 Å². The molecule has 2 N–H and O–H groups in total. The molecule has 1 unspecified atom stereocenters. The highest BCUT2D eigenvalue weighted by atomic mass is 32.2. The third-order valence-electron chi connectivity index (χ3n) is 1.57. The predicted octanol–water partition coefficient (Wildman–Crippen LogP) is 0.483. The highest BCUT2D eigenvalue weighted by Crippen LogP contribution is 2.32. The largest absolute Gasteiger partial charge is 0.394 e. The lowest BCUT2D eigenvalue weighted by atomic mass is 10.4. The number of aliphatic hydroxyl groups excluding tert-OH is 2. The quantitative estimate of drug-likeness (QED) is 0.618. The molecule has 60 valence electrons. The molecule has 2 nitrogen and oxygen atoms in total. The SMILES string of the molecule is OCC(O)CSCC1CC1. The predicted molar refractivity (Wildman–Crippen MR) is 43.1 cm³/mol. The van der Waals surface area contributed by atoms with Gasteiger partial charge in [0.25, 0.3) is 0 Å². The van der Waals surface area contributed by atoms with Gasteiger partial charge in [0.05, 0.1) is 12.7 Å². The fourth-order valence-corrected chi connectivity index (χ4v) is 1.89. The molecule has 1 saturated carbocycles. The standard InChI is InChI=1S/C7H14O2S/c8-3-7(9)5-10-4-6-1-2-6/h6-9H,1-5H2. The first kappa shape index (κ1) is 8.37. The van der Waals surface area contributed by atoms with E-state index in [9.17, 15) is 0 Å². The number of hydrogen-bond acceptors (Lipinski definition) is 3. The van der Waals surface area contributed by atoms with Crippen LogP contribution in [0.5, 0.6) is 0 Å². The fourth-order valence-electron chi connectivity index (χ4n) is 0.708. The van der Waals surface area contributed by atoms with Crippen LogP contribution in [0.2, 0.25) is 0 Å². The van der Waals surface area contributed by atoms with Gasteiger partial charge >= 0.3 is 0 Å². The number of aliphatic hydroxyl groups is 2. The average Bonchev–Trinajstić information content (AvgIpc) is 2.71. The Balaban J connectivity index is 1.83. The molecule has 0 aromatic rings. The van der Waals surface area contributed by atoms with Gasteiger partial charge in [-0.25, -0.2) is 0 Å². The van der Waals surface area contributed by atoms with Gasteiger partial charge in [-0.2, -0.15) is 11.8 Å². The van der Waals surface area contributed by atoms with E-state index >= 15 is 0 Å². The van der Waals surface area contributed by atoms with Crippen LogP contribution in [-0.2, 0) is 0 Å². The zero-order valence-corrected chi connectivity index (χ0v) is 6.81. The summed E-state index contributed by atoms with van der Waals surface area (Å²) in [4.78, 5) is 0. The molecule has 0 amide bonds. The van der Waals surface area contributed by atoms with E-state index < -0.39 is 6.10 Å². The van der Waals surface area contributed by atoms with E-state index in [1.807, 2.05) is 0 Å². The zero-order chi connectivity index (χ0) is 7.40. The van der Waals surface area contributed by atoms with E-state index in [1.165, 1.54) is 12.8 Å². The molecule has 1 atom stereocenters. The maximum Gasteiger partial charge on any atom is 0.0861 e. The Morgan fingerprint density at radius 1 is 1.50 bits per heavy atom. The molecule has 1 rings (SSSR count). The molecule has 0 aromatic carbocycles. The van der Waals surface area contributed by atoms with Crippen LogP contribution in [-0.4, -0.2) is 34.4 Å². The van der Waals surface area contributed by atoms with E-state index in [4.69, 9.17) is 10.2 Å². The number of thioether (sulfide) groups is 1. The van der Waals surface area contributed by atoms with Crippen molar-refractivity contribution in [2.24, 2.45) is 5.92 Å². The van der Waals surface area contributed by atoms with Gasteiger partial charge in [-0.3, -0.25) is 0 Å². The Morgan fingerprint density at radius 3 is 2.70 bits per heavy atom. The Morgan fingerprint density at radius 2 is 2.20 bits per heavy atom. The number of rotatable bonds is 5. The van der Waals surface area contributed by atoms with Crippen LogP contribution >= 0.6 is 11.8 Å². The van der Waals surface area contributed by atoms with E-state index in [0.717, 1.165) is 11.7 Å². The minimum atomic E-state index is -0.510. The molecule has 1 fully saturated rings. The van der Waals surface area contributed by atoms with Crippen molar-refractivity contribution in [3.8, 4) is 0 Å². The van der Waals surface area contributed by atoms with Gasteiger partial charge in [0, 0.05) is 5.75 Å². The monoisotopic (exact) mass is 162 g/mol. The van der Waals surface area contributed by atoms with E-state index in [-0.39, 0.29) is 6.61 Å². The Kier molecular flexibility index (Phi) is 3.52. The lowest BCUT2D eigenvalue weighted by molar-refractivity contribution is 0.113. The minimum Gasteiger partial charge on any atom is -0.394 e. The van der Waals surface area contributed by atoms with Crippen molar-refractivity contribution in [2.45, 2.75) is 18.9 Å². The Hall–Kier alpha value is 0.270. The van der Waals surface area contributed by atoms with Crippen LogP contribution < -0.4 is 0 Å². The van der Waals surface area contributed by atoms with Crippen molar-refractivity contribution in [3.63, 3.8) is 0 Å². The summed E-state index contributed by atoms with van der Waals surface area (Å²) in [5, 5.41) is 17.4.